The van der Waals surface area contributed by atoms with E-state index < -0.39 is 11.2 Å². The molecule has 0 fully saturated rings. The fourth-order valence-corrected chi connectivity index (χ4v) is 3.31. The zero-order chi connectivity index (χ0) is 20.8. The standard InChI is InChI=1S/C20H27BrN4O3/c1-4-5-11-25-17(22)16(18(26)23-20(25)28)24(12-10-13(2)3)19(27)14-8-6-7-9-15(14)21/h6-9,13H,4-5,10-12,22H2,1-3H3,(H,23,26,28). The number of rotatable bonds is 8. The highest BCUT2D eigenvalue weighted by Gasteiger charge is 2.26. The van der Waals surface area contributed by atoms with Crippen LogP contribution in [-0.2, 0) is 6.54 Å². The molecule has 1 heterocycles. The Labute approximate surface area is 172 Å². The van der Waals surface area contributed by atoms with Crippen LogP contribution in [0, 0.1) is 5.92 Å². The largest absolute Gasteiger partial charge is 0.383 e. The van der Waals surface area contributed by atoms with Gasteiger partial charge in [-0.25, -0.2) is 4.79 Å². The second-order valence-electron chi connectivity index (χ2n) is 7.12. The SMILES string of the molecule is CCCCn1c(N)c(N(CCC(C)C)C(=O)c2ccccc2Br)c(=O)[nH]c1=O. The average molecular weight is 451 g/mol. The molecular formula is C20H27BrN4O3. The topological polar surface area (TPSA) is 101 Å². The van der Waals surface area contributed by atoms with Crippen molar-refractivity contribution in [2.24, 2.45) is 5.92 Å². The van der Waals surface area contributed by atoms with Crippen molar-refractivity contribution in [2.45, 2.75) is 46.6 Å². The van der Waals surface area contributed by atoms with Crippen LogP contribution < -0.4 is 21.9 Å². The smallest absolute Gasteiger partial charge is 0.330 e. The first-order valence-electron chi connectivity index (χ1n) is 9.46. The number of amides is 1. The monoisotopic (exact) mass is 450 g/mol. The number of hydrogen-bond donors (Lipinski definition) is 2. The summed E-state index contributed by atoms with van der Waals surface area (Å²) in [6.45, 7) is 6.77. The summed E-state index contributed by atoms with van der Waals surface area (Å²) in [5.74, 6) is -0.00167. The Morgan fingerprint density at radius 2 is 1.96 bits per heavy atom. The van der Waals surface area contributed by atoms with E-state index in [4.69, 9.17) is 5.73 Å². The second kappa shape index (κ2) is 9.73. The lowest BCUT2D eigenvalue weighted by Crippen LogP contribution is -2.42. The summed E-state index contributed by atoms with van der Waals surface area (Å²) in [7, 11) is 0. The van der Waals surface area contributed by atoms with Gasteiger partial charge in [0.2, 0.25) is 0 Å². The number of aromatic nitrogens is 2. The lowest BCUT2D eigenvalue weighted by Gasteiger charge is -2.25. The molecule has 2 rings (SSSR count). The van der Waals surface area contributed by atoms with Gasteiger partial charge in [0.1, 0.15) is 5.82 Å². The molecule has 0 aliphatic rings. The van der Waals surface area contributed by atoms with E-state index in [1.807, 2.05) is 26.8 Å². The summed E-state index contributed by atoms with van der Waals surface area (Å²) in [5, 5.41) is 0. The third-order valence-corrected chi connectivity index (χ3v) is 5.19. The van der Waals surface area contributed by atoms with Crippen molar-refractivity contribution in [3.8, 4) is 0 Å². The number of benzene rings is 1. The van der Waals surface area contributed by atoms with E-state index in [9.17, 15) is 14.4 Å². The van der Waals surface area contributed by atoms with Crippen LogP contribution in [0.25, 0.3) is 0 Å². The Kier molecular flexibility index (Phi) is 7.62. The molecule has 1 aromatic heterocycles. The molecule has 0 unspecified atom stereocenters. The number of nitrogens with zero attached hydrogens (tertiary/aromatic N) is 2. The summed E-state index contributed by atoms with van der Waals surface area (Å²) in [6.07, 6.45) is 2.29. The fraction of sp³-hybridized carbons (Fsp3) is 0.450. The number of carbonyl (C=O) groups excluding carboxylic acids is 1. The van der Waals surface area contributed by atoms with Crippen LogP contribution in [0.1, 0.15) is 50.4 Å². The van der Waals surface area contributed by atoms with Crippen LogP contribution in [0.4, 0.5) is 11.5 Å². The Bertz CT molecular complexity index is 949. The van der Waals surface area contributed by atoms with Crippen LogP contribution in [0.15, 0.2) is 38.3 Å². The summed E-state index contributed by atoms with van der Waals surface area (Å²) in [5.41, 5.74) is 5.46. The highest BCUT2D eigenvalue weighted by atomic mass is 79.9. The Balaban J connectivity index is 2.61. The Morgan fingerprint density at radius 3 is 2.57 bits per heavy atom. The summed E-state index contributed by atoms with van der Waals surface area (Å²) in [6, 6.07) is 7.02. The molecule has 152 valence electrons. The summed E-state index contributed by atoms with van der Waals surface area (Å²) in [4.78, 5) is 41.8. The van der Waals surface area contributed by atoms with Crippen LogP contribution in [0.2, 0.25) is 0 Å². The number of nitrogens with two attached hydrogens (primary N) is 1. The molecule has 2 aromatic rings. The van der Waals surface area contributed by atoms with Crippen molar-refractivity contribution in [1.29, 1.82) is 0 Å². The molecular weight excluding hydrogens is 424 g/mol. The van der Waals surface area contributed by atoms with Gasteiger partial charge in [-0.3, -0.25) is 19.1 Å². The van der Waals surface area contributed by atoms with Crippen LogP contribution in [0.5, 0.6) is 0 Å². The normalized spacial score (nSPS) is 11.0. The molecule has 0 saturated heterocycles. The van der Waals surface area contributed by atoms with E-state index in [-0.39, 0.29) is 17.4 Å². The molecule has 1 aromatic carbocycles. The highest BCUT2D eigenvalue weighted by molar-refractivity contribution is 9.10. The predicted molar refractivity (Wildman–Crippen MR) is 116 cm³/mol. The van der Waals surface area contributed by atoms with E-state index in [1.54, 1.807) is 18.2 Å². The minimum atomic E-state index is -0.653. The Hall–Kier alpha value is -2.35. The van der Waals surface area contributed by atoms with E-state index in [2.05, 4.69) is 20.9 Å². The van der Waals surface area contributed by atoms with Crippen molar-refractivity contribution in [2.75, 3.05) is 17.2 Å². The number of hydrogen-bond acceptors (Lipinski definition) is 4. The highest BCUT2D eigenvalue weighted by Crippen LogP contribution is 2.24. The van der Waals surface area contributed by atoms with Gasteiger partial charge < -0.3 is 10.6 Å². The van der Waals surface area contributed by atoms with Gasteiger partial charge in [0.05, 0.1) is 5.56 Å². The van der Waals surface area contributed by atoms with Crippen molar-refractivity contribution >= 4 is 33.3 Å². The summed E-state index contributed by atoms with van der Waals surface area (Å²) >= 11 is 3.40. The number of carbonyl (C=O) groups is 1. The predicted octanol–water partition coefficient (Wildman–Crippen LogP) is 3.37. The van der Waals surface area contributed by atoms with Gasteiger partial charge >= 0.3 is 5.69 Å². The minimum Gasteiger partial charge on any atom is -0.383 e. The van der Waals surface area contributed by atoms with Crippen LogP contribution >= 0.6 is 15.9 Å². The van der Waals surface area contributed by atoms with Crippen molar-refractivity contribution < 1.29 is 4.79 Å². The van der Waals surface area contributed by atoms with Crippen molar-refractivity contribution in [3.05, 3.63) is 55.1 Å². The lowest BCUT2D eigenvalue weighted by atomic mass is 10.1. The van der Waals surface area contributed by atoms with Gasteiger partial charge in [-0.2, -0.15) is 0 Å². The van der Waals surface area contributed by atoms with E-state index in [0.29, 0.717) is 35.5 Å². The summed E-state index contributed by atoms with van der Waals surface area (Å²) < 4.78 is 1.96. The maximum Gasteiger partial charge on any atom is 0.330 e. The van der Waals surface area contributed by atoms with Crippen LogP contribution in [-0.4, -0.2) is 22.0 Å². The molecule has 8 heteroatoms. The number of halogens is 1. The molecule has 0 spiro atoms. The number of aromatic amines is 1. The molecule has 0 bridgehead atoms. The maximum atomic E-state index is 13.3. The first kappa shape index (κ1) is 21.9. The molecule has 0 atom stereocenters. The first-order chi connectivity index (χ1) is 13.3. The Morgan fingerprint density at radius 1 is 1.29 bits per heavy atom. The molecule has 3 N–H and O–H groups in total. The number of nitrogens with one attached hydrogen (secondary N) is 1. The van der Waals surface area contributed by atoms with E-state index in [0.717, 1.165) is 12.8 Å². The van der Waals surface area contributed by atoms with Crippen molar-refractivity contribution in [3.63, 3.8) is 0 Å². The van der Waals surface area contributed by atoms with Gasteiger partial charge in [-0.05, 0) is 46.8 Å². The fourth-order valence-electron chi connectivity index (χ4n) is 2.86. The minimum absolute atomic E-state index is 0.0198. The zero-order valence-corrected chi connectivity index (χ0v) is 18.1. The van der Waals surface area contributed by atoms with E-state index in [1.165, 1.54) is 9.47 Å². The third kappa shape index (κ3) is 4.92. The number of H-pyrrole nitrogens is 1. The quantitative estimate of drug-likeness (QED) is 0.643. The van der Waals surface area contributed by atoms with Gasteiger partial charge in [0.15, 0.2) is 5.69 Å². The molecule has 7 nitrogen and oxygen atoms in total. The van der Waals surface area contributed by atoms with E-state index >= 15 is 0 Å². The third-order valence-electron chi connectivity index (χ3n) is 4.50. The average Bonchev–Trinajstić information content (AvgIpc) is 2.63. The zero-order valence-electron chi connectivity index (χ0n) is 16.5. The second-order valence-corrected chi connectivity index (χ2v) is 7.97. The molecule has 0 aliphatic heterocycles. The van der Waals surface area contributed by atoms with Gasteiger partial charge in [-0.1, -0.05) is 39.3 Å². The molecule has 0 aliphatic carbocycles. The maximum absolute atomic E-state index is 13.3. The molecule has 1 amide bonds. The molecule has 0 saturated carbocycles. The molecule has 0 radical (unpaired) electrons. The van der Waals surface area contributed by atoms with Gasteiger partial charge in [0.25, 0.3) is 11.5 Å². The number of unbranched alkanes of at least 4 members (excludes halogenated alkanes) is 1. The number of anilines is 2. The molecule has 28 heavy (non-hydrogen) atoms. The van der Waals surface area contributed by atoms with Crippen molar-refractivity contribution in [1.82, 2.24) is 9.55 Å². The van der Waals surface area contributed by atoms with Gasteiger partial charge in [0, 0.05) is 17.6 Å². The lowest BCUT2D eigenvalue weighted by molar-refractivity contribution is 0.0984. The number of nitrogen functional groups attached to an aromatic ring is 1. The van der Waals surface area contributed by atoms with Gasteiger partial charge in [-0.15, -0.1) is 0 Å². The first-order valence-corrected chi connectivity index (χ1v) is 10.3. The van der Waals surface area contributed by atoms with Crippen LogP contribution in [0.3, 0.4) is 0 Å².